The van der Waals surface area contributed by atoms with E-state index in [9.17, 15) is 4.79 Å². The van der Waals surface area contributed by atoms with Crippen molar-refractivity contribution in [3.05, 3.63) is 29.8 Å². The zero-order valence-electron chi connectivity index (χ0n) is 14.6. The number of nitrogens with one attached hydrogen (secondary N) is 2. The number of ether oxygens (including phenoxy) is 1. The summed E-state index contributed by atoms with van der Waals surface area (Å²) in [5, 5.41) is 6.50. The van der Waals surface area contributed by atoms with Crippen molar-refractivity contribution in [1.29, 1.82) is 0 Å². The van der Waals surface area contributed by atoms with Gasteiger partial charge in [-0.3, -0.25) is 4.79 Å². The van der Waals surface area contributed by atoms with E-state index in [1.54, 1.807) is 0 Å². The van der Waals surface area contributed by atoms with Crippen LogP contribution in [-0.2, 0) is 0 Å². The molecule has 0 saturated carbocycles. The fourth-order valence-electron chi connectivity index (χ4n) is 2.59. The molecule has 1 fully saturated rings. The highest BCUT2D eigenvalue weighted by atomic mass is 35.5. The maximum Gasteiger partial charge on any atom is 0.255 e. The molecule has 0 radical (unpaired) electrons. The van der Waals surface area contributed by atoms with E-state index in [4.69, 9.17) is 4.74 Å². The molecule has 24 heavy (non-hydrogen) atoms. The average Bonchev–Trinajstić information content (AvgIpc) is 2.49. The molecule has 1 aromatic carbocycles. The first-order valence-corrected chi connectivity index (χ1v) is 7.96. The van der Waals surface area contributed by atoms with Crippen molar-refractivity contribution in [2.75, 3.05) is 40.3 Å². The topological polar surface area (TPSA) is 53.6 Å². The maximum atomic E-state index is 12.6. The molecule has 0 bridgehead atoms. The van der Waals surface area contributed by atoms with Crippen LogP contribution in [0.1, 0.15) is 23.7 Å². The second-order valence-electron chi connectivity index (χ2n) is 6.20. The Morgan fingerprint density at radius 2 is 2.04 bits per heavy atom. The van der Waals surface area contributed by atoms with Gasteiger partial charge in [-0.15, -0.1) is 24.8 Å². The van der Waals surface area contributed by atoms with Crippen molar-refractivity contribution < 1.29 is 9.53 Å². The van der Waals surface area contributed by atoms with Crippen molar-refractivity contribution >= 4 is 30.7 Å². The second kappa shape index (κ2) is 11.5. The molecule has 7 heteroatoms. The molecule has 1 heterocycles. The van der Waals surface area contributed by atoms with Crippen LogP contribution in [0.3, 0.4) is 0 Å². The molecule has 2 atom stereocenters. The van der Waals surface area contributed by atoms with Gasteiger partial charge in [-0.05, 0) is 51.7 Å². The van der Waals surface area contributed by atoms with E-state index in [0.717, 1.165) is 26.1 Å². The lowest BCUT2D eigenvalue weighted by Crippen LogP contribution is -2.48. The molecule has 2 N–H and O–H groups in total. The Labute approximate surface area is 157 Å². The van der Waals surface area contributed by atoms with Gasteiger partial charge in [-0.2, -0.15) is 0 Å². The number of carbonyl (C=O) groups is 1. The van der Waals surface area contributed by atoms with Gasteiger partial charge < -0.3 is 20.3 Å². The van der Waals surface area contributed by atoms with Crippen LogP contribution in [0.5, 0.6) is 5.75 Å². The fraction of sp³-hybridized carbons (Fsp3) is 0.588. The summed E-state index contributed by atoms with van der Waals surface area (Å²) in [5.74, 6) is 1.06. The largest absolute Gasteiger partial charge is 0.491 e. The Balaban J connectivity index is 0.00000264. The van der Waals surface area contributed by atoms with Gasteiger partial charge in [-0.1, -0.05) is 19.1 Å². The van der Waals surface area contributed by atoms with E-state index in [-0.39, 0.29) is 36.8 Å². The van der Waals surface area contributed by atoms with Gasteiger partial charge in [0.15, 0.2) is 0 Å². The average molecular weight is 378 g/mol. The first-order valence-electron chi connectivity index (χ1n) is 7.96. The molecule has 1 amide bonds. The molecular weight excluding hydrogens is 349 g/mol. The SMILES string of the molecule is CC1CNCCC1NC(=O)c1ccccc1OCCN(C)C.Cl.Cl. The third-order valence-electron chi connectivity index (χ3n) is 4.03. The lowest BCUT2D eigenvalue weighted by Gasteiger charge is -2.30. The van der Waals surface area contributed by atoms with E-state index >= 15 is 0 Å². The number of nitrogens with zero attached hydrogens (tertiary/aromatic N) is 1. The number of amides is 1. The molecule has 1 aliphatic rings. The molecule has 2 unspecified atom stereocenters. The normalized spacial score (nSPS) is 19.8. The van der Waals surface area contributed by atoms with Crippen LogP contribution in [0.2, 0.25) is 0 Å². The van der Waals surface area contributed by atoms with Gasteiger partial charge in [0.05, 0.1) is 5.56 Å². The monoisotopic (exact) mass is 377 g/mol. The number of piperidine rings is 1. The second-order valence-corrected chi connectivity index (χ2v) is 6.20. The number of halogens is 2. The third-order valence-corrected chi connectivity index (χ3v) is 4.03. The quantitative estimate of drug-likeness (QED) is 0.797. The number of para-hydroxylation sites is 1. The van der Waals surface area contributed by atoms with Gasteiger partial charge >= 0.3 is 0 Å². The Kier molecular flexibility index (Phi) is 11.0. The van der Waals surface area contributed by atoms with Crippen LogP contribution in [0.4, 0.5) is 0 Å². The highest BCUT2D eigenvalue weighted by Gasteiger charge is 2.24. The van der Waals surface area contributed by atoms with E-state index in [1.165, 1.54) is 0 Å². The number of hydrogen-bond acceptors (Lipinski definition) is 4. The van der Waals surface area contributed by atoms with Gasteiger partial charge in [0, 0.05) is 12.6 Å². The molecule has 138 valence electrons. The summed E-state index contributed by atoms with van der Waals surface area (Å²) in [5.41, 5.74) is 0.618. The standard InChI is InChI=1S/C17H27N3O2.2ClH/c1-13-12-18-9-8-15(13)19-17(21)14-6-4-5-7-16(14)22-11-10-20(2)3;;/h4-7,13,15,18H,8-12H2,1-3H3,(H,19,21);2*1H. The van der Waals surface area contributed by atoms with Crippen LogP contribution >= 0.6 is 24.8 Å². The summed E-state index contributed by atoms with van der Waals surface area (Å²) in [4.78, 5) is 14.6. The minimum absolute atomic E-state index is 0. The maximum absolute atomic E-state index is 12.6. The molecule has 1 aliphatic heterocycles. The number of benzene rings is 1. The lowest BCUT2D eigenvalue weighted by molar-refractivity contribution is 0.0909. The number of hydrogen-bond donors (Lipinski definition) is 2. The summed E-state index contributed by atoms with van der Waals surface area (Å²) in [7, 11) is 4.00. The molecule has 1 aromatic rings. The van der Waals surface area contributed by atoms with E-state index in [0.29, 0.717) is 23.8 Å². The van der Waals surface area contributed by atoms with Crippen LogP contribution in [0, 0.1) is 5.92 Å². The minimum atomic E-state index is -0.0424. The highest BCUT2D eigenvalue weighted by molar-refractivity contribution is 5.97. The lowest BCUT2D eigenvalue weighted by atomic mass is 9.95. The third kappa shape index (κ3) is 6.85. The predicted octanol–water partition coefficient (Wildman–Crippen LogP) is 2.20. The molecule has 2 rings (SSSR count). The van der Waals surface area contributed by atoms with E-state index in [2.05, 4.69) is 22.5 Å². The fourth-order valence-corrected chi connectivity index (χ4v) is 2.59. The van der Waals surface area contributed by atoms with Gasteiger partial charge in [-0.25, -0.2) is 0 Å². The van der Waals surface area contributed by atoms with Crippen LogP contribution in [0.25, 0.3) is 0 Å². The molecule has 0 spiro atoms. The van der Waals surface area contributed by atoms with Crippen LogP contribution in [-0.4, -0.2) is 57.2 Å². The van der Waals surface area contributed by atoms with Crippen molar-refractivity contribution in [3.8, 4) is 5.75 Å². The van der Waals surface area contributed by atoms with Gasteiger partial charge in [0.25, 0.3) is 5.91 Å². The van der Waals surface area contributed by atoms with Crippen molar-refractivity contribution in [3.63, 3.8) is 0 Å². The zero-order chi connectivity index (χ0) is 15.9. The first-order chi connectivity index (χ1) is 10.6. The zero-order valence-corrected chi connectivity index (χ0v) is 16.2. The molecule has 5 nitrogen and oxygen atoms in total. The highest BCUT2D eigenvalue weighted by Crippen LogP contribution is 2.19. The van der Waals surface area contributed by atoms with Gasteiger partial charge in [0.2, 0.25) is 0 Å². The summed E-state index contributed by atoms with van der Waals surface area (Å²) in [6, 6.07) is 7.68. The van der Waals surface area contributed by atoms with Crippen LogP contribution in [0.15, 0.2) is 24.3 Å². The summed E-state index contributed by atoms with van der Waals surface area (Å²) in [6.07, 6.45) is 0.969. The Morgan fingerprint density at radius 1 is 1.33 bits per heavy atom. The number of rotatable bonds is 6. The molecule has 0 aliphatic carbocycles. The number of carbonyl (C=O) groups excluding carboxylic acids is 1. The minimum Gasteiger partial charge on any atom is -0.491 e. The van der Waals surface area contributed by atoms with E-state index < -0.39 is 0 Å². The summed E-state index contributed by atoms with van der Waals surface area (Å²) >= 11 is 0. The summed E-state index contributed by atoms with van der Waals surface area (Å²) < 4.78 is 5.77. The van der Waals surface area contributed by atoms with Crippen molar-refractivity contribution in [1.82, 2.24) is 15.5 Å². The smallest absolute Gasteiger partial charge is 0.255 e. The molecular formula is C17H29Cl2N3O2. The number of likely N-dealkylation sites (N-methyl/N-ethyl adjacent to an activating group) is 1. The molecule has 1 saturated heterocycles. The van der Waals surface area contributed by atoms with E-state index in [1.807, 2.05) is 38.4 Å². The van der Waals surface area contributed by atoms with Crippen molar-refractivity contribution in [2.45, 2.75) is 19.4 Å². The van der Waals surface area contributed by atoms with Crippen molar-refractivity contribution in [2.24, 2.45) is 5.92 Å². The molecule has 0 aromatic heterocycles. The Bertz CT molecular complexity index is 500. The predicted molar refractivity (Wildman–Crippen MR) is 103 cm³/mol. The Morgan fingerprint density at radius 3 is 2.71 bits per heavy atom. The van der Waals surface area contributed by atoms with Gasteiger partial charge in [0.1, 0.15) is 12.4 Å². The van der Waals surface area contributed by atoms with Crippen LogP contribution < -0.4 is 15.4 Å². The summed E-state index contributed by atoms with van der Waals surface area (Å²) in [6.45, 7) is 5.46. The first kappa shape index (κ1) is 23.0. The Hall–Kier alpha value is -1.01.